The lowest BCUT2D eigenvalue weighted by Gasteiger charge is -2.32. The van der Waals surface area contributed by atoms with Crippen LogP contribution in [0.1, 0.15) is 12.8 Å². The van der Waals surface area contributed by atoms with Crippen LogP contribution in [0.25, 0.3) is 0 Å². The van der Waals surface area contributed by atoms with Crippen LogP contribution in [0.4, 0.5) is 5.82 Å². The molecule has 0 aromatic carbocycles. The number of rotatable bonds is 2. The maximum atomic E-state index is 9.07. The summed E-state index contributed by atoms with van der Waals surface area (Å²) in [6.45, 7) is 2.12. The van der Waals surface area contributed by atoms with Gasteiger partial charge in [-0.1, -0.05) is 11.6 Å². The second kappa shape index (κ2) is 5.34. The Kier molecular flexibility index (Phi) is 4.05. The Hall–Kier alpha value is -0.320. The topological polar surface area (TPSA) is 36.4 Å². The summed E-state index contributed by atoms with van der Waals surface area (Å²) in [5, 5.41) is 9.75. The van der Waals surface area contributed by atoms with Crippen LogP contribution in [0, 0.1) is 5.92 Å². The molecule has 1 fully saturated rings. The number of anilines is 1. The number of piperidine rings is 1. The molecule has 5 heteroatoms. The summed E-state index contributed by atoms with van der Waals surface area (Å²) in [5.74, 6) is 1.28. The SMILES string of the molecule is OCC1CCN(c2ncc(Br)cc2Cl)CC1. The van der Waals surface area contributed by atoms with Crippen molar-refractivity contribution in [2.75, 3.05) is 24.6 Å². The third kappa shape index (κ3) is 2.67. The third-order valence-corrected chi connectivity index (χ3v) is 3.67. The maximum Gasteiger partial charge on any atom is 0.147 e. The van der Waals surface area contributed by atoms with Crippen molar-refractivity contribution < 1.29 is 5.11 Å². The fourth-order valence-electron chi connectivity index (χ4n) is 1.97. The molecule has 0 unspecified atom stereocenters. The minimum absolute atomic E-state index is 0.287. The lowest BCUT2D eigenvalue weighted by atomic mass is 9.98. The molecule has 88 valence electrons. The first kappa shape index (κ1) is 12.1. The standard InChI is InChI=1S/C11H14BrClN2O/c12-9-5-10(13)11(14-6-9)15-3-1-8(7-16)2-4-15/h5-6,8,16H,1-4,7H2. The molecule has 3 nitrogen and oxygen atoms in total. The van der Waals surface area contributed by atoms with Crippen LogP contribution < -0.4 is 4.90 Å². The highest BCUT2D eigenvalue weighted by Crippen LogP contribution is 2.29. The average Bonchev–Trinajstić information content (AvgIpc) is 2.29. The highest BCUT2D eigenvalue weighted by molar-refractivity contribution is 9.10. The summed E-state index contributed by atoms with van der Waals surface area (Å²) in [6, 6.07) is 1.86. The van der Waals surface area contributed by atoms with Crippen molar-refractivity contribution in [1.82, 2.24) is 4.98 Å². The van der Waals surface area contributed by atoms with Crippen molar-refractivity contribution in [2.45, 2.75) is 12.8 Å². The number of aromatic nitrogens is 1. The van der Waals surface area contributed by atoms with Crippen LogP contribution in [-0.4, -0.2) is 29.8 Å². The molecule has 16 heavy (non-hydrogen) atoms. The van der Waals surface area contributed by atoms with Crippen LogP contribution in [0.15, 0.2) is 16.7 Å². The van der Waals surface area contributed by atoms with Crippen LogP contribution in [0.2, 0.25) is 5.02 Å². The Morgan fingerprint density at radius 3 is 2.75 bits per heavy atom. The van der Waals surface area contributed by atoms with Gasteiger partial charge in [0.2, 0.25) is 0 Å². The minimum atomic E-state index is 0.287. The Morgan fingerprint density at radius 2 is 2.19 bits per heavy atom. The zero-order valence-corrected chi connectivity index (χ0v) is 11.2. The molecule has 0 spiro atoms. The zero-order chi connectivity index (χ0) is 11.5. The van der Waals surface area contributed by atoms with Gasteiger partial charge in [-0.2, -0.15) is 0 Å². The van der Waals surface area contributed by atoms with Gasteiger partial charge in [0.25, 0.3) is 0 Å². The molecule has 2 rings (SSSR count). The molecule has 0 amide bonds. The lowest BCUT2D eigenvalue weighted by molar-refractivity contribution is 0.203. The first-order valence-corrected chi connectivity index (χ1v) is 6.54. The second-order valence-corrected chi connectivity index (χ2v) is 5.39. The van der Waals surface area contributed by atoms with Crippen molar-refractivity contribution in [2.24, 2.45) is 5.92 Å². The molecular formula is C11H14BrClN2O. The number of nitrogens with zero attached hydrogens (tertiary/aromatic N) is 2. The van der Waals surface area contributed by atoms with Gasteiger partial charge < -0.3 is 10.0 Å². The summed E-state index contributed by atoms with van der Waals surface area (Å²) >= 11 is 9.49. The van der Waals surface area contributed by atoms with E-state index >= 15 is 0 Å². The fraction of sp³-hybridized carbons (Fsp3) is 0.545. The van der Waals surface area contributed by atoms with Gasteiger partial charge in [0.15, 0.2) is 0 Å². The van der Waals surface area contributed by atoms with Gasteiger partial charge in [-0.25, -0.2) is 4.98 Å². The summed E-state index contributed by atoms with van der Waals surface area (Å²) in [4.78, 5) is 6.52. The van der Waals surface area contributed by atoms with E-state index in [-0.39, 0.29) is 6.61 Å². The number of hydrogen-bond acceptors (Lipinski definition) is 3. The quantitative estimate of drug-likeness (QED) is 0.912. The normalized spacial score (nSPS) is 17.8. The molecule has 2 heterocycles. The van der Waals surface area contributed by atoms with Gasteiger partial charge >= 0.3 is 0 Å². The van der Waals surface area contributed by atoms with E-state index in [0.29, 0.717) is 10.9 Å². The largest absolute Gasteiger partial charge is 0.396 e. The first-order valence-electron chi connectivity index (χ1n) is 5.37. The fourth-order valence-corrected chi connectivity index (χ4v) is 2.72. The van der Waals surface area contributed by atoms with Gasteiger partial charge in [-0.3, -0.25) is 0 Å². The van der Waals surface area contributed by atoms with Crippen LogP contribution >= 0.6 is 27.5 Å². The molecule has 1 aromatic rings. The van der Waals surface area contributed by atoms with Crippen molar-refractivity contribution in [3.63, 3.8) is 0 Å². The van der Waals surface area contributed by atoms with Gasteiger partial charge in [0, 0.05) is 30.4 Å². The van der Waals surface area contributed by atoms with E-state index in [0.717, 1.165) is 36.2 Å². The van der Waals surface area contributed by atoms with Gasteiger partial charge in [-0.05, 0) is 40.8 Å². The van der Waals surface area contributed by atoms with E-state index in [4.69, 9.17) is 16.7 Å². The summed E-state index contributed by atoms with van der Waals surface area (Å²) < 4.78 is 0.895. The molecule has 1 saturated heterocycles. The molecule has 1 aliphatic rings. The third-order valence-electron chi connectivity index (χ3n) is 2.96. The van der Waals surface area contributed by atoms with Gasteiger partial charge in [-0.15, -0.1) is 0 Å². The van der Waals surface area contributed by atoms with Crippen LogP contribution in [-0.2, 0) is 0 Å². The zero-order valence-electron chi connectivity index (χ0n) is 8.87. The molecule has 0 atom stereocenters. The maximum absolute atomic E-state index is 9.07. The average molecular weight is 306 g/mol. The summed E-state index contributed by atoms with van der Waals surface area (Å²) in [5.41, 5.74) is 0. The Bertz CT molecular complexity index is 367. The molecule has 0 bridgehead atoms. The molecule has 1 N–H and O–H groups in total. The summed E-state index contributed by atoms with van der Waals surface area (Å²) in [7, 11) is 0. The van der Waals surface area contributed by atoms with Crippen molar-refractivity contribution in [1.29, 1.82) is 0 Å². The Labute approximate surface area is 109 Å². The van der Waals surface area contributed by atoms with E-state index in [1.54, 1.807) is 6.20 Å². The number of pyridine rings is 1. The van der Waals surface area contributed by atoms with Gasteiger partial charge in [0.1, 0.15) is 5.82 Å². The van der Waals surface area contributed by atoms with Crippen LogP contribution in [0.5, 0.6) is 0 Å². The van der Waals surface area contributed by atoms with E-state index in [2.05, 4.69) is 25.8 Å². The summed E-state index contributed by atoms with van der Waals surface area (Å²) in [6.07, 6.45) is 3.77. The highest BCUT2D eigenvalue weighted by Gasteiger charge is 2.20. The van der Waals surface area contributed by atoms with Crippen molar-refractivity contribution in [3.05, 3.63) is 21.8 Å². The smallest absolute Gasteiger partial charge is 0.147 e. The van der Waals surface area contributed by atoms with Crippen molar-refractivity contribution in [3.8, 4) is 0 Å². The Balaban J connectivity index is 2.08. The predicted octanol–water partition coefficient (Wildman–Crippen LogP) is 2.71. The molecule has 0 saturated carbocycles. The number of aliphatic hydroxyl groups is 1. The predicted molar refractivity (Wildman–Crippen MR) is 69.0 cm³/mol. The number of hydrogen-bond donors (Lipinski definition) is 1. The van der Waals surface area contributed by atoms with E-state index in [1.165, 1.54) is 0 Å². The van der Waals surface area contributed by atoms with Crippen LogP contribution in [0.3, 0.4) is 0 Å². The van der Waals surface area contributed by atoms with E-state index in [9.17, 15) is 0 Å². The molecule has 1 aromatic heterocycles. The Morgan fingerprint density at radius 1 is 1.50 bits per heavy atom. The van der Waals surface area contributed by atoms with E-state index in [1.807, 2.05) is 6.07 Å². The van der Waals surface area contributed by atoms with E-state index < -0.39 is 0 Å². The molecular weight excluding hydrogens is 291 g/mol. The molecule has 1 aliphatic heterocycles. The molecule has 0 radical (unpaired) electrons. The second-order valence-electron chi connectivity index (χ2n) is 4.07. The minimum Gasteiger partial charge on any atom is -0.396 e. The van der Waals surface area contributed by atoms with Crippen molar-refractivity contribution >= 4 is 33.3 Å². The highest BCUT2D eigenvalue weighted by atomic mass is 79.9. The van der Waals surface area contributed by atoms with Gasteiger partial charge in [0.05, 0.1) is 5.02 Å². The number of aliphatic hydroxyl groups excluding tert-OH is 1. The first-order chi connectivity index (χ1) is 7.70. The lowest BCUT2D eigenvalue weighted by Crippen LogP contribution is -2.35. The molecule has 0 aliphatic carbocycles. The number of halogens is 2. The monoisotopic (exact) mass is 304 g/mol.